The normalized spacial score (nSPS) is 16.2. The molecular weight excluding hydrogens is 441 g/mol. The number of nitrogens with one attached hydrogen (secondary N) is 1. The predicted octanol–water partition coefficient (Wildman–Crippen LogP) is 4.57. The molecule has 6 nitrogen and oxygen atoms in total. The van der Waals surface area contributed by atoms with Crippen LogP contribution in [0.1, 0.15) is 31.2 Å². The van der Waals surface area contributed by atoms with Crippen molar-refractivity contribution in [1.29, 1.82) is 0 Å². The van der Waals surface area contributed by atoms with E-state index < -0.39 is 10.0 Å². The molecule has 4 rings (SSSR count). The molecule has 1 aliphatic heterocycles. The number of piperidine rings is 1. The van der Waals surface area contributed by atoms with Gasteiger partial charge in [0.05, 0.1) is 17.7 Å². The highest BCUT2D eigenvalue weighted by atomic mass is 35.5. The average Bonchev–Trinajstić information content (AvgIpc) is 3.15. The lowest BCUT2D eigenvalue weighted by Crippen LogP contribution is -2.40. The Morgan fingerprint density at radius 2 is 2.06 bits per heavy atom. The van der Waals surface area contributed by atoms with Crippen molar-refractivity contribution in [2.45, 2.75) is 25.7 Å². The fourth-order valence-corrected chi connectivity index (χ4v) is 5.85. The third-order valence-corrected chi connectivity index (χ3v) is 7.98. The molecule has 1 N–H and O–H groups in total. The van der Waals surface area contributed by atoms with E-state index in [9.17, 15) is 12.8 Å². The number of halogens is 2. The number of aromatic nitrogens is 2. The standard InChI is InChI=1S/C22H25ClFN3O3S/c1-2-30-11-12-31(28,29)27-9-6-15(7-10-27)17-4-3-16(13-19(17)23)18-5-8-25-22-21(18)20(24)14-26-22/h3-5,8,13-15H,2,6-7,9-12H2,1H3,(H,25,26). The van der Waals surface area contributed by atoms with Crippen molar-refractivity contribution < 1.29 is 17.5 Å². The third kappa shape index (κ3) is 4.62. The van der Waals surface area contributed by atoms with E-state index in [1.807, 2.05) is 25.1 Å². The number of fused-ring (bicyclic) bond motifs is 1. The Hall–Kier alpha value is -2.00. The first-order valence-electron chi connectivity index (χ1n) is 10.4. The highest BCUT2D eigenvalue weighted by molar-refractivity contribution is 7.89. The lowest BCUT2D eigenvalue weighted by molar-refractivity contribution is 0.162. The number of nitrogens with zero attached hydrogens (tertiary/aromatic N) is 2. The number of H-pyrrole nitrogens is 1. The monoisotopic (exact) mass is 465 g/mol. The van der Waals surface area contributed by atoms with Gasteiger partial charge in [0, 0.05) is 37.1 Å². The van der Waals surface area contributed by atoms with Crippen LogP contribution in [-0.4, -0.2) is 54.7 Å². The summed E-state index contributed by atoms with van der Waals surface area (Å²) in [6.45, 7) is 3.51. The number of hydrogen-bond acceptors (Lipinski definition) is 4. The van der Waals surface area contributed by atoms with Crippen molar-refractivity contribution in [2.24, 2.45) is 0 Å². The van der Waals surface area contributed by atoms with Crippen molar-refractivity contribution in [3.8, 4) is 11.1 Å². The first-order chi connectivity index (χ1) is 14.9. The fourth-order valence-electron chi connectivity index (χ4n) is 4.17. The van der Waals surface area contributed by atoms with E-state index in [1.54, 1.807) is 16.6 Å². The van der Waals surface area contributed by atoms with Crippen molar-refractivity contribution in [3.63, 3.8) is 0 Å². The summed E-state index contributed by atoms with van der Waals surface area (Å²) in [6, 6.07) is 7.53. The van der Waals surface area contributed by atoms with E-state index in [-0.39, 0.29) is 24.1 Å². The van der Waals surface area contributed by atoms with E-state index in [2.05, 4.69) is 9.97 Å². The Labute approximate surface area is 186 Å². The molecule has 3 aromatic rings. The molecular formula is C22H25ClFN3O3S. The van der Waals surface area contributed by atoms with Gasteiger partial charge in [-0.3, -0.25) is 0 Å². The van der Waals surface area contributed by atoms with E-state index in [4.69, 9.17) is 16.3 Å². The van der Waals surface area contributed by atoms with Gasteiger partial charge in [-0.2, -0.15) is 0 Å². The smallest absolute Gasteiger partial charge is 0.216 e. The molecule has 1 aromatic carbocycles. The Morgan fingerprint density at radius 1 is 1.29 bits per heavy atom. The maximum Gasteiger partial charge on any atom is 0.216 e. The molecule has 3 heterocycles. The molecule has 31 heavy (non-hydrogen) atoms. The quantitative estimate of drug-likeness (QED) is 0.519. The zero-order valence-electron chi connectivity index (χ0n) is 17.3. The minimum absolute atomic E-state index is 0.0110. The number of aromatic amines is 1. The number of ether oxygens (including phenoxy) is 1. The first kappa shape index (κ1) is 22.2. The Bertz CT molecular complexity index is 1170. The highest BCUT2D eigenvalue weighted by Crippen LogP contribution is 2.37. The lowest BCUT2D eigenvalue weighted by Gasteiger charge is -2.32. The Morgan fingerprint density at radius 3 is 2.77 bits per heavy atom. The number of pyridine rings is 1. The molecule has 0 atom stereocenters. The van der Waals surface area contributed by atoms with Gasteiger partial charge < -0.3 is 9.72 Å². The summed E-state index contributed by atoms with van der Waals surface area (Å²) >= 11 is 6.62. The molecule has 0 unspecified atom stereocenters. The van der Waals surface area contributed by atoms with Crippen LogP contribution < -0.4 is 0 Å². The van der Waals surface area contributed by atoms with Gasteiger partial charge >= 0.3 is 0 Å². The highest BCUT2D eigenvalue weighted by Gasteiger charge is 2.29. The Balaban J connectivity index is 1.49. The summed E-state index contributed by atoms with van der Waals surface area (Å²) in [5, 5.41) is 1.05. The summed E-state index contributed by atoms with van der Waals surface area (Å²) in [4.78, 5) is 6.99. The number of rotatable bonds is 7. The molecule has 0 aliphatic carbocycles. The molecule has 9 heteroatoms. The molecule has 1 saturated heterocycles. The van der Waals surface area contributed by atoms with Gasteiger partial charge in [-0.1, -0.05) is 23.7 Å². The van der Waals surface area contributed by atoms with Gasteiger partial charge in [0.2, 0.25) is 10.0 Å². The molecule has 0 saturated carbocycles. The zero-order valence-corrected chi connectivity index (χ0v) is 18.8. The molecule has 2 aromatic heterocycles. The second kappa shape index (κ2) is 9.24. The minimum Gasteiger partial charge on any atom is -0.381 e. The van der Waals surface area contributed by atoms with Crippen LogP contribution in [0.3, 0.4) is 0 Å². The van der Waals surface area contributed by atoms with Gasteiger partial charge in [0.1, 0.15) is 5.65 Å². The molecule has 0 amide bonds. The largest absolute Gasteiger partial charge is 0.381 e. The third-order valence-electron chi connectivity index (χ3n) is 5.81. The average molecular weight is 466 g/mol. The summed E-state index contributed by atoms with van der Waals surface area (Å²) in [5.74, 6) is -0.158. The van der Waals surface area contributed by atoms with Crippen molar-refractivity contribution in [1.82, 2.24) is 14.3 Å². The van der Waals surface area contributed by atoms with Crippen LogP contribution in [0.4, 0.5) is 4.39 Å². The zero-order chi connectivity index (χ0) is 22.0. The van der Waals surface area contributed by atoms with Crippen LogP contribution in [-0.2, 0) is 14.8 Å². The minimum atomic E-state index is -3.30. The predicted molar refractivity (Wildman–Crippen MR) is 120 cm³/mol. The second-order valence-corrected chi connectivity index (χ2v) is 10.1. The second-order valence-electron chi connectivity index (χ2n) is 7.64. The first-order valence-corrected chi connectivity index (χ1v) is 12.4. The molecule has 0 spiro atoms. The van der Waals surface area contributed by atoms with Gasteiger partial charge in [-0.25, -0.2) is 22.1 Å². The Kier molecular flexibility index (Phi) is 6.62. The van der Waals surface area contributed by atoms with Crippen LogP contribution in [0, 0.1) is 5.82 Å². The van der Waals surface area contributed by atoms with Gasteiger partial charge in [-0.05, 0) is 54.5 Å². The maximum atomic E-state index is 14.2. The fraction of sp³-hybridized carbons (Fsp3) is 0.409. The maximum absolute atomic E-state index is 14.2. The topological polar surface area (TPSA) is 75.3 Å². The van der Waals surface area contributed by atoms with Gasteiger partial charge in [0.25, 0.3) is 0 Å². The molecule has 1 aliphatic rings. The number of hydrogen-bond donors (Lipinski definition) is 1. The van der Waals surface area contributed by atoms with Crippen LogP contribution >= 0.6 is 11.6 Å². The summed E-state index contributed by atoms with van der Waals surface area (Å²) < 4.78 is 45.9. The van der Waals surface area contributed by atoms with Crippen molar-refractivity contribution in [2.75, 3.05) is 32.1 Å². The van der Waals surface area contributed by atoms with E-state index in [0.29, 0.717) is 48.6 Å². The van der Waals surface area contributed by atoms with Gasteiger partial charge in [0.15, 0.2) is 5.82 Å². The molecule has 166 valence electrons. The van der Waals surface area contributed by atoms with Gasteiger partial charge in [-0.15, -0.1) is 0 Å². The van der Waals surface area contributed by atoms with E-state index >= 15 is 0 Å². The molecule has 0 radical (unpaired) electrons. The molecule has 1 fully saturated rings. The summed E-state index contributed by atoms with van der Waals surface area (Å²) in [5.41, 5.74) is 3.03. The SMILES string of the molecule is CCOCCS(=O)(=O)N1CCC(c2ccc(-c3ccnc4[nH]cc(F)c34)cc2Cl)CC1. The molecule has 0 bridgehead atoms. The van der Waals surface area contributed by atoms with E-state index in [0.717, 1.165) is 16.7 Å². The summed E-state index contributed by atoms with van der Waals surface area (Å²) in [6.07, 6.45) is 4.35. The number of benzene rings is 1. The summed E-state index contributed by atoms with van der Waals surface area (Å²) in [7, 11) is -3.30. The van der Waals surface area contributed by atoms with E-state index in [1.165, 1.54) is 6.20 Å². The lowest BCUT2D eigenvalue weighted by atomic mass is 9.89. The van der Waals surface area contributed by atoms with Crippen molar-refractivity contribution in [3.05, 3.63) is 53.1 Å². The number of sulfonamides is 1. The van der Waals surface area contributed by atoms with Crippen LogP contribution in [0.15, 0.2) is 36.7 Å². The van der Waals surface area contributed by atoms with Crippen LogP contribution in [0.25, 0.3) is 22.2 Å². The van der Waals surface area contributed by atoms with Crippen LogP contribution in [0.5, 0.6) is 0 Å². The van der Waals surface area contributed by atoms with Crippen LogP contribution in [0.2, 0.25) is 5.02 Å². The van der Waals surface area contributed by atoms with Crippen molar-refractivity contribution >= 4 is 32.7 Å².